The summed E-state index contributed by atoms with van der Waals surface area (Å²) in [4.78, 5) is 10.9. The minimum atomic E-state index is -1.02. The number of hydrogen-bond acceptors (Lipinski definition) is 3. The van der Waals surface area contributed by atoms with Crippen LogP contribution in [0.1, 0.15) is 20.3 Å². The van der Waals surface area contributed by atoms with E-state index < -0.39 is 6.29 Å². The van der Waals surface area contributed by atoms with Crippen molar-refractivity contribution in [1.82, 2.24) is 0 Å². The summed E-state index contributed by atoms with van der Waals surface area (Å²) in [6.07, 6.45) is 1.12. The summed E-state index contributed by atoms with van der Waals surface area (Å²) in [5.41, 5.74) is 0.590. The lowest BCUT2D eigenvalue weighted by Crippen LogP contribution is -2.06. The number of rotatable bonds is 2. The molecule has 0 aromatic carbocycles. The van der Waals surface area contributed by atoms with Gasteiger partial charge in [-0.25, -0.2) is 4.79 Å². The highest BCUT2D eigenvalue weighted by Crippen LogP contribution is 2.18. The highest BCUT2D eigenvalue weighted by atomic mass is 16.6. The normalized spacial score (nSPS) is 23.8. The average molecular weight is 156 g/mol. The molecule has 1 heterocycles. The lowest BCUT2D eigenvalue weighted by atomic mass is 10.0. The summed E-state index contributed by atoms with van der Waals surface area (Å²) in [6.45, 7) is 4.03. The zero-order chi connectivity index (χ0) is 8.43. The van der Waals surface area contributed by atoms with Crippen LogP contribution in [0.2, 0.25) is 0 Å². The first kappa shape index (κ1) is 8.27. The van der Waals surface area contributed by atoms with Crippen LogP contribution in [-0.4, -0.2) is 17.4 Å². The van der Waals surface area contributed by atoms with E-state index in [9.17, 15) is 4.79 Å². The van der Waals surface area contributed by atoms with E-state index in [1.54, 1.807) is 0 Å². The number of hydrogen-bond donors (Lipinski definition) is 1. The van der Waals surface area contributed by atoms with Gasteiger partial charge in [0.1, 0.15) is 0 Å². The maximum Gasteiger partial charge on any atom is 0.336 e. The molecule has 0 fully saturated rings. The Hall–Kier alpha value is -0.830. The standard InChI is InChI=1S/C8H12O3/c1-5(2)3-6-4-7(9)11-8(6)10/h4-5,7,9H,3H2,1-2H3. The van der Waals surface area contributed by atoms with Crippen LogP contribution in [0.25, 0.3) is 0 Å². The second-order valence-corrected chi connectivity index (χ2v) is 3.09. The van der Waals surface area contributed by atoms with Crippen molar-refractivity contribution in [2.45, 2.75) is 26.6 Å². The number of carbonyl (C=O) groups is 1. The van der Waals surface area contributed by atoms with Crippen LogP contribution in [0, 0.1) is 5.92 Å². The second-order valence-electron chi connectivity index (χ2n) is 3.09. The van der Waals surface area contributed by atoms with Crippen LogP contribution in [0.5, 0.6) is 0 Å². The molecule has 0 aliphatic carbocycles. The zero-order valence-electron chi connectivity index (χ0n) is 6.70. The van der Waals surface area contributed by atoms with Crippen LogP contribution in [0.3, 0.4) is 0 Å². The van der Waals surface area contributed by atoms with Crippen LogP contribution in [-0.2, 0) is 9.53 Å². The maximum absolute atomic E-state index is 10.9. The van der Waals surface area contributed by atoms with Crippen molar-refractivity contribution in [3.8, 4) is 0 Å². The van der Waals surface area contributed by atoms with Gasteiger partial charge in [0.25, 0.3) is 0 Å². The third kappa shape index (κ3) is 2.05. The van der Waals surface area contributed by atoms with Gasteiger partial charge in [0.15, 0.2) is 0 Å². The number of esters is 1. The second kappa shape index (κ2) is 3.05. The van der Waals surface area contributed by atoms with Crippen LogP contribution in [0.4, 0.5) is 0 Å². The molecule has 1 aliphatic rings. The smallest absolute Gasteiger partial charge is 0.336 e. The molecule has 0 amide bonds. The van der Waals surface area contributed by atoms with E-state index in [-0.39, 0.29) is 5.97 Å². The molecule has 1 unspecified atom stereocenters. The van der Waals surface area contributed by atoms with Crippen molar-refractivity contribution >= 4 is 5.97 Å². The Morgan fingerprint density at radius 3 is 2.73 bits per heavy atom. The predicted octanol–water partition coefficient (Wildman–Crippen LogP) is 0.834. The Morgan fingerprint density at radius 1 is 1.73 bits per heavy atom. The van der Waals surface area contributed by atoms with E-state index in [2.05, 4.69) is 4.74 Å². The Labute approximate surface area is 65.7 Å². The Morgan fingerprint density at radius 2 is 2.36 bits per heavy atom. The van der Waals surface area contributed by atoms with Crippen molar-refractivity contribution in [1.29, 1.82) is 0 Å². The van der Waals surface area contributed by atoms with Gasteiger partial charge < -0.3 is 9.84 Å². The number of aliphatic hydroxyl groups is 1. The highest BCUT2D eigenvalue weighted by Gasteiger charge is 2.23. The molecule has 0 saturated heterocycles. The first-order valence-corrected chi connectivity index (χ1v) is 3.69. The first-order valence-electron chi connectivity index (χ1n) is 3.69. The van der Waals surface area contributed by atoms with Gasteiger partial charge in [0, 0.05) is 5.57 Å². The summed E-state index contributed by atoms with van der Waals surface area (Å²) in [6, 6.07) is 0. The van der Waals surface area contributed by atoms with Gasteiger partial charge in [0.05, 0.1) is 0 Å². The van der Waals surface area contributed by atoms with Gasteiger partial charge in [0.2, 0.25) is 6.29 Å². The van der Waals surface area contributed by atoms with Gasteiger partial charge in [-0.05, 0) is 18.4 Å². The number of ether oxygens (including phenoxy) is 1. The van der Waals surface area contributed by atoms with Gasteiger partial charge in [-0.3, -0.25) is 0 Å². The quantitative estimate of drug-likeness (QED) is 0.602. The van der Waals surface area contributed by atoms with Crippen LogP contribution >= 0.6 is 0 Å². The summed E-state index contributed by atoms with van der Waals surface area (Å²) in [7, 11) is 0. The fraction of sp³-hybridized carbons (Fsp3) is 0.625. The third-order valence-electron chi connectivity index (χ3n) is 1.46. The highest BCUT2D eigenvalue weighted by molar-refractivity contribution is 5.90. The van der Waals surface area contributed by atoms with E-state index in [1.807, 2.05) is 13.8 Å². The summed E-state index contributed by atoms with van der Waals surface area (Å²) < 4.78 is 4.50. The predicted molar refractivity (Wildman–Crippen MR) is 39.6 cm³/mol. The van der Waals surface area contributed by atoms with E-state index >= 15 is 0 Å². The monoisotopic (exact) mass is 156 g/mol. The number of cyclic esters (lactones) is 1. The van der Waals surface area contributed by atoms with Crippen molar-refractivity contribution < 1.29 is 14.6 Å². The molecular weight excluding hydrogens is 144 g/mol. The van der Waals surface area contributed by atoms with E-state index in [4.69, 9.17) is 5.11 Å². The van der Waals surface area contributed by atoms with Crippen LogP contribution in [0.15, 0.2) is 11.6 Å². The van der Waals surface area contributed by atoms with Crippen LogP contribution < -0.4 is 0 Å². The molecule has 0 aromatic heterocycles. The van der Waals surface area contributed by atoms with E-state index in [1.165, 1.54) is 6.08 Å². The molecule has 0 bridgehead atoms. The molecule has 11 heavy (non-hydrogen) atoms. The molecule has 0 aromatic rings. The number of aliphatic hydroxyl groups excluding tert-OH is 1. The molecule has 0 radical (unpaired) electrons. The minimum absolute atomic E-state index is 0.383. The lowest BCUT2D eigenvalue weighted by Gasteiger charge is -2.01. The van der Waals surface area contributed by atoms with Crippen molar-refractivity contribution in [3.63, 3.8) is 0 Å². The SMILES string of the molecule is CC(C)CC1=CC(O)OC1=O. The maximum atomic E-state index is 10.9. The largest absolute Gasteiger partial charge is 0.429 e. The number of carbonyl (C=O) groups excluding carboxylic acids is 1. The topological polar surface area (TPSA) is 46.5 Å². The molecule has 0 spiro atoms. The van der Waals surface area contributed by atoms with E-state index in [0.29, 0.717) is 17.9 Å². The molecule has 1 atom stereocenters. The van der Waals surface area contributed by atoms with Gasteiger partial charge in [-0.1, -0.05) is 13.8 Å². The zero-order valence-corrected chi connectivity index (χ0v) is 6.70. The molecule has 1 rings (SSSR count). The molecule has 3 nitrogen and oxygen atoms in total. The molecule has 62 valence electrons. The lowest BCUT2D eigenvalue weighted by molar-refractivity contribution is -0.151. The van der Waals surface area contributed by atoms with Gasteiger partial charge >= 0.3 is 5.97 Å². The molecular formula is C8H12O3. The summed E-state index contributed by atoms with van der Waals surface area (Å²) in [5, 5.41) is 8.86. The van der Waals surface area contributed by atoms with Crippen molar-refractivity contribution in [3.05, 3.63) is 11.6 Å². The van der Waals surface area contributed by atoms with Crippen molar-refractivity contribution in [2.24, 2.45) is 5.92 Å². The Bertz CT molecular complexity index is 194. The average Bonchev–Trinajstić information content (AvgIpc) is 2.09. The first-order chi connectivity index (χ1) is 5.09. The fourth-order valence-corrected chi connectivity index (χ4v) is 1.05. The summed E-state index contributed by atoms with van der Waals surface area (Å²) in [5.74, 6) is 0.0327. The minimum Gasteiger partial charge on any atom is -0.429 e. The molecule has 1 N–H and O–H groups in total. The molecule has 3 heteroatoms. The van der Waals surface area contributed by atoms with E-state index in [0.717, 1.165) is 0 Å². The fourth-order valence-electron chi connectivity index (χ4n) is 1.05. The molecule has 0 saturated carbocycles. The molecule has 1 aliphatic heterocycles. The van der Waals surface area contributed by atoms with Gasteiger partial charge in [-0.15, -0.1) is 0 Å². The third-order valence-corrected chi connectivity index (χ3v) is 1.46. The Kier molecular flexibility index (Phi) is 2.29. The van der Waals surface area contributed by atoms with Gasteiger partial charge in [-0.2, -0.15) is 0 Å². The Balaban J connectivity index is 2.57. The summed E-state index contributed by atoms with van der Waals surface area (Å²) >= 11 is 0. The van der Waals surface area contributed by atoms with Crippen molar-refractivity contribution in [2.75, 3.05) is 0 Å².